The van der Waals surface area contributed by atoms with Gasteiger partial charge in [0, 0.05) is 31.7 Å². The lowest BCUT2D eigenvalue weighted by molar-refractivity contribution is -0.385. The molecule has 4 bridgehead atoms. The molecule has 88 heavy (non-hydrogen) atoms. The number of carboxylic acid groups (broad SMARTS) is 1. The molecule has 23 nitrogen and oxygen atoms in total. The number of aliphatic hydroxyl groups excluding tert-OH is 3. The third kappa shape index (κ3) is 23.4. The number of benzene rings is 3. The van der Waals surface area contributed by atoms with Gasteiger partial charge >= 0.3 is 11.7 Å². The van der Waals surface area contributed by atoms with E-state index in [2.05, 4.69) is 40.4 Å². The van der Waals surface area contributed by atoms with Crippen molar-refractivity contribution in [3.05, 3.63) is 87.5 Å². The van der Waals surface area contributed by atoms with Crippen LogP contribution in [0.15, 0.2) is 60.7 Å². The first-order valence-corrected chi connectivity index (χ1v) is 31.3. The molecule has 5 amide bonds. The monoisotopic (exact) mass is 1250 g/mol. The van der Waals surface area contributed by atoms with E-state index in [0.29, 0.717) is 24.8 Å². The summed E-state index contributed by atoms with van der Waals surface area (Å²) in [6, 6.07) is 5.35. The number of methoxy groups -OCH3 is 1. The van der Waals surface area contributed by atoms with E-state index in [1.165, 1.54) is 44.2 Å². The van der Waals surface area contributed by atoms with Gasteiger partial charge in [-0.1, -0.05) is 167 Å². The molecule has 0 unspecified atom stereocenters. The third-order valence-electron chi connectivity index (χ3n) is 15.8. The maximum atomic E-state index is 15.3. The van der Waals surface area contributed by atoms with Crippen molar-refractivity contribution in [2.45, 2.75) is 236 Å². The highest BCUT2D eigenvalue weighted by atomic mass is 35.5. The highest BCUT2D eigenvalue weighted by Gasteiger charge is 2.47. The molecule has 1 saturated heterocycles. The molecule has 10 atom stereocenters. The Morgan fingerprint density at radius 1 is 0.773 bits per heavy atom. The summed E-state index contributed by atoms with van der Waals surface area (Å²) in [6.45, 7) is 7.20. The van der Waals surface area contributed by atoms with Crippen molar-refractivity contribution in [1.82, 2.24) is 26.6 Å². The number of nitro benzene ring substituents is 1. The molecule has 3 aliphatic rings. The van der Waals surface area contributed by atoms with E-state index in [0.717, 1.165) is 89.5 Å². The van der Waals surface area contributed by atoms with Gasteiger partial charge in [0.25, 0.3) is 0 Å². The van der Waals surface area contributed by atoms with E-state index in [-0.39, 0.29) is 78.8 Å². The SMILES string of the molecule is CCCCCCCCCCCC(=O)N[C@H]1[C@H](Oc2cc3cc(c2OC)Oc2ccc(cc2[N+](=O)[O-])C[C@@H](NC(=O)[C@H](N)CC(C)C)C(=O)N[C@@H](Cc2ccccc2)C(=O)N[C@H]3[C@@H](NC(=O)CCCCCCCCCCC)C(=O)O)O[C@H](CO)[C@@H](O)[C@@H]1O.Cl. The van der Waals surface area contributed by atoms with Crippen molar-refractivity contribution in [3.8, 4) is 23.0 Å². The second-order valence-electron chi connectivity index (χ2n) is 23.4. The number of nitro groups is 1. The van der Waals surface area contributed by atoms with Gasteiger partial charge in [-0.25, -0.2) is 4.79 Å². The largest absolute Gasteiger partial charge is 0.490 e. The van der Waals surface area contributed by atoms with Crippen molar-refractivity contribution in [1.29, 1.82) is 0 Å². The molecule has 0 radical (unpaired) electrons. The van der Waals surface area contributed by atoms with Crippen LogP contribution in [0, 0.1) is 16.0 Å². The van der Waals surface area contributed by atoms with Crippen molar-refractivity contribution in [2.75, 3.05) is 13.7 Å². The van der Waals surface area contributed by atoms with Gasteiger partial charge in [-0.3, -0.25) is 34.1 Å². The molecule has 0 aliphatic carbocycles. The Bertz CT molecular complexity index is 2690. The number of carbonyl (C=O) groups is 6. The number of nitrogens with zero attached hydrogens (tertiary/aromatic N) is 1. The van der Waals surface area contributed by atoms with Gasteiger partial charge in [0.2, 0.25) is 47.3 Å². The summed E-state index contributed by atoms with van der Waals surface area (Å²) in [5.41, 5.74) is 6.18. The second-order valence-corrected chi connectivity index (χ2v) is 23.4. The Labute approximate surface area is 523 Å². The summed E-state index contributed by atoms with van der Waals surface area (Å²) in [5.74, 6) is -6.89. The first-order valence-electron chi connectivity index (χ1n) is 31.3. The maximum Gasteiger partial charge on any atom is 0.328 e. The summed E-state index contributed by atoms with van der Waals surface area (Å²) in [4.78, 5) is 97.4. The Balaban J connectivity index is 0.0000166. The lowest BCUT2D eigenvalue weighted by Crippen LogP contribution is -2.65. The molecule has 3 heterocycles. The minimum atomic E-state index is -2.00. The average Bonchev–Trinajstić information content (AvgIpc) is 1.60. The van der Waals surface area contributed by atoms with Gasteiger partial charge in [0.1, 0.15) is 36.4 Å². The molecule has 0 aromatic heterocycles. The van der Waals surface area contributed by atoms with Crippen LogP contribution in [0.5, 0.6) is 23.0 Å². The second kappa shape index (κ2) is 38.7. The van der Waals surface area contributed by atoms with E-state index in [1.54, 1.807) is 30.3 Å². The number of ether oxygens (including phenoxy) is 4. The maximum absolute atomic E-state index is 15.3. The summed E-state index contributed by atoms with van der Waals surface area (Å²) in [7, 11) is 1.20. The number of aliphatic hydroxyl groups is 3. The molecule has 3 aliphatic heterocycles. The number of fused-ring (bicyclic) bond motifs is 9. The van der Waals surface area contributed by atoms with Crippen LogP contribution in [0.4, 0.5) is 5.69 Å². The van der Waals surface area contributed by atoms with Crippen LogP contribution in [0.25, 0.3) is 0 Å². The summed E-state index contributed by atoms with van der Waals surface area (Å²) < 4.78 is 24.8. The molecule has 0 saturated carbocycles. The summed E-state index contributed by atoms with van der Waals surface area (Å²) in [5, 5.41) is 70.9. The number of nitrogens with one attached hydrogen (secondary N) is 5. The number of hydrogen-bond acceptors (Lipinski definition) is 16. The van der Waals surface area contributed by atoms with E-state index in [1.807, 2.05) is 13.8 Å². The highest BCUT2D eigenvalue weighted by Crippen LogP contribution is 2.46. The van der Waals surface area contributed by atoms with Crippen LogP contribution in [0.3, 0.4) is 0 Å². The third-order valence-corrected chi connectivity index (χ3v) is 15.8. The molecule has 24 heteroatoms. The lowest BCUT2D eigenvalue weighted by Gasteiger charge is -2.42. The average molecular weight is 1250 g/mol. The normalized spacial score (nSPS) is 20.9. The zero-order valence-electron chi connectivity index (χ0n) is 51.7. The van der Waals surface area contributed by atoms with Crippen LogP contribution >= 0.6 is 12.4 Å². The first-order chi connectivity index (χ1) is 41.8. The van der Waals surface area contributed by atoms with Gasteiger partial charge in [-0.2, -0.15) is 0 Å². The lowest BCUT2D eigenvalue weighted by atomic mass is 9.95. The molecule has 0 spiro atoms. The van der Waals surface area contributed by atoms with Crippen LogP contribution < -0.4 is 46.5 Å². The van der Waals surface area contributed by atoms with Crippen LogP contribution in [-0.2, 0) is 46.3 Å². The number of aliphatic carboxylic acids is 1. The molecule has 3 aromatic carbocycles. The number of nitrogens with two attached hydrogens (primary N) is 1. The highest BCUT2D eigenvalue weighted by molar-refractivity contribution is 5.94. The molecule has 1 fully saturated rings. The smallest absolute Gasteiger partial charge is 0.328 e. The van der Waals surface area contributed by atoms with Gasteiger partial charge in [-0.05, 0) is 60.1 Å². The fourth-order valence-electron chi connectivity index (χ4n) is 10.9. The summed E-state index contributed by atoms with van der Waals surface area (Å²) >= 11 is 0. The van der Waals surface area contributed by atoms with Crippen LogP contribution in [-0.4, -0.2) is 129 Å². The topological polar surface area (TPSA) is 350 Å². The van der Waals surface area contributed by atoms with Gasteiger partial charge in [-0.15, -0.1) is 12.4 Å². The number of halogens is 1. The molecular formula is C64H96ClN7O16. The van der Waals surface area contributed by atoms with Crippen molar-refractivity contribution < 1.29 is 73.1 Å². The van der Waals surface area contributed by atoms with Crippen molar-refractivity contribution >= 4 is 53.6 Å². The first kappa shape index (κ1) is 73.8. The van der Waals surface area contributed by atoms with E-state index < -0.39 is 119 Å². The van der Waals surface area contributed by atoms with Gasteiger partial charge < -0.3 is 71.7 Å². The quantitative estimate of drug-likeness (QED) is 0.0152. The van der Waals surface area contributed by atoms with E-state index >= 15 is 4.79 Å². The van der Waals surface area contributed by atoms with E-state index in [4.69, 9.17) is 24.7 Å². The Morgan fingerprint density at radius 3 is 1.92 bits per heavy atom. The fraction of sp³-hybridized carbons (Fsp3) is 0.625. The number of amides is 5. The predicted octanol–water partition coefficient (Wildman–Crippen LogP) is 7.83. The zero-order valence-corrected chi connectivity index (χ0v) is 52.5. The van der Waals surface area contributed by atoms with Gasteiger partial charge in [0.05, 0.1) is 30.7 Å². The van der Waals surface area contributed by atoms with Crippen molar-refractivity contribution in [2.24, 2.45) is 11.7 Å². The number of carboxylic acids is 1. The fourth-order valence-corrected chi connectivity index (χ4v) is 10.9. The van der Waals surface area contributed by atoms with E-state index in [9.17, 15) is 54.5 Å². The number of rotatable bonds is 35. The molecule has 11 N–H and O–H groups in total. The summed E-state index contributed by atoms with van der Waals surface area (Å²) in [6.07, 6.45) is 10.3. The zero-order chi connectivity index (χ0) is 63.4. The predicted molar refractivity (Wildman–Crippen MR) is 333 cm³/mol. The minimum absolute atomic E-state index is 0. The molecule has 490 valence electrons. The van der Waals surface area contributed by atoms with Crippen LogP contribution in [0.1, 0.15) is 185 Å². The number of carbonyl (C=O) groups excluding carboxylic acids is 5. The standard InChI is InChI=1S/C64H95N7O16.ClH/c1-6-8-10-12-14-16-18-20-25-29-52(73)68-55(63(80)81)54-43-37-49(59(84-5)50(38-43)86-64-56(58(76)57(75)51(39-72)87-64)69-53(74)30-26-21-19-17-15-13-11-9-7-2)85-48-32-31-42(36-47(48)71(82)83)35-46(66-60(77)44(65)33-40(3)4)61(78)67-45(62(79)70-54)34-41-27-23-22-24-28-41;/h22-24,27-28,31-32,36-38,40,44-46,51,54-58,64,72,75-76H,6-21,25-26,29-30,33-35,39,65H2,1-5H3,(H,66,77)(H,67,78)(H,68,73)(H,69,74)(H,70,79)(H,80,81);1H/t44-,45+,46-,51-,54-,55-,56-,57-,58-,64-;/m1./s1. The van der Waals surface area contributed by atoms with Crippen LogP contribution in [0.2, 0.25) is 0 Å². The number of hydrogen-bond donors (Lipinski definition) is 10. The molecule has 3 aromatic rings. The van der Waals surface area contributed by atoms with Gasteiger partial charge in [0.15, 0.2) is 17.5 Å². The number of unbranched alkanes of at least 4 members (excludes halogenated alkanes) is 16. The Kier molecular flexibility index (Phi) is 32.5. The Morgan fingerprint density at radius 2 is 1.36 bits per heavy atom. The minimum Gasteiger partial charge on any atom is -0.490 e. The Hall–Kier alpha value is -6.63. The molecule has 6 rings (SSSR count). The van der Waals surface area contributed by atoms with Crippen molar-refractivity contribution in [3.63, 3.8) is 0 Å². The molecular weight excluding hydrogens is 1160 g/mol.